The molecule has 1 unspecified atom stereocenters. The Morgan fingerprint density at radius 3 is 2.87 bits per heavy atom. The molecular weight excluding hydrogens is 191 g/mol. The summed E-state index contributed by atoms with van der Waals surface area (Å²) in [7, 11) is 0. The van der Waals surface area contributed by atoms with Crippen molar-refractivity contribution in [3.8, 4) is 0 Å². The fourth-order valence-corrected chi connectivity index (χ4v) is 1.35. The first-order chi connectivity index (χ1) is 7.24. The van der Waals surface area contributed by atoms with Crippen LogP contribution in [-0.4, -0.2) is 18.8 Å². The highest BCUT2D eigenvalue weighted by Crippen LogP contribution is 2.08. The van der Waals surface area contributed by atoms with Crippen LogP contribution in [0, 0.1) is 5.82 Å². The number of hydrogen-bond acceptors (Lipinski definition) is 2. The highest BCUT2D eigenvalue weighted by Gasteiger charge is 2.06. The molecular formula is C12H17FN2. The summed E-state index contributed by atoms with van der Waals surface area (Å²) >= 11 is 0. The lowest BCUT2D eigenvalue weighted by atomic mass is 10.1. The molecule has 0 bridgehead atoms. The Kier molecular flexibility index (Phi) is 4.98. The second kappa shape index (κ2) is 6.30. The molecule has 0 fully saturated rings. The number of aliphatic imine (C=N–C) groups is 1. The van der Waals surface area contributed by atoms with Crippen LogP contribution in [0.4, 0.5) is 4.39 Å². The van der Waals surface area contributed by atoms with E-state index in [9.17, 15) is 4.39 Å². The summed E-state index contributed by atoms with van der Waals surface area (Å²) in [4.78, 5) is 4.14. The van der Waals surface area contributed by atoms with Crippen LogP contribution < -0.4 is 5.73 Å². The maximum Gasteiger partial charge on any atom is 0.126 e. The Morgan fingerprint density at radius 1 is 1.47 bits per heavy atom. The van der Waals surface area contributed by atoms with Crippen molar-refractivity contribution in [3.63, 3.8) is 0 Å². The van der Waals surface area contributed by atoms with E-state index in [1.807, 2.05) is 19.2 Å². The van der Waals surface area contributed by atoms with Crippen molar-refractivity contribution in [1.29, 1.82) is 0 Å². The van der Waals surface area contributed by atoms with E-state index in [1.165, 1.54) is 6.07 Å². The van der Waals surface area contributed by atoms with Crippen LogP contribution in [-0.2, 0) is 6.42 Å². The van der Waals surface area contributed by atoms with Crippen LogP contribution in [0.25, 0.3) is 0 Å². The van der Waals surface area contributed by atoms with Crippen molar-refractivity contribution >= 4 is 6.21 Å². The van der Waals surface area contributed by atoms with Crippen molar-refractivity contribution in [2.45, 2.75) is 25.8 Å². The van der Waals surface area contributed by atoms with Gasteiger partial charge in [0.25, 0.3) is 0 Å². The molecule has 82 valence electrons. The highest BCUT2D eigenvalue weighted by atomic mass is 19.1. The summed E-state index contributed by atoms with van der Waals surface area (Å²) in [5, 5.41) is 0. The average molecular weight is 208 g/mol. The number of halogens is 1. The van der Waals surface area contributed by atoms with Crippen LogP contribution in [0.2, 0.25) is 0 Å². The van der Waals surface area contributed by atoms with E-state index >= 15 is 0 Å². The molecule has 0 amide bonds. The van der Waals surface area contributed by atoms with Gasteiger partial charge in [0, 0.05) is 6.04 Å². The van der Waals surface area contributed by atoms with Gasteiger partial charge in [-0.3, -0.25) is 4.99 Å². The van der Waals surface area contributed by atoms with Gasteiger partial charge in [-0.15, -0.1) is 0 Å². The van der Waals surface area contributed by atoms with E-state index in [4.69, 9.17) is 5.73 Å². The lowest BCUT2D eigenvalue weighted by molar-refractivity contribution is 0.588. The second-order valence-corrected chi connectivity index (χ2v) is 3.51. The maximum atomic E-state index is 13.2. The first kappa shape index (κ1) is 11.9. The summed E-state index contributed by atoms with van der Waals surface area (Å²) in [6.07, 6.45) is 3.28. The molecule has 15 heavy (non-hydrogen) atoms. The summed E-state index contributed by atoms with van der Waals surface area (Å²) in [6, 6.07) is 6.61. The van der Waals surface area contributed by atoms with E-state index in [-0.39, 0.29) is 11.9 Å². The molecule has 2 nitrogen and oxygen atoms in total. The molecule has 1 aromatic rings. The predicted molar refractivity (Wildman–Crippen MR) is 61.7 cm³/mol. The molecule has 1 aromatic carbocycles. The number of nitrogens with two attached hydrogens (primary N) is 1. The highest BCUT2D eigenvalue weighted by molar-refractivity contribution is 5.56. The van der Waals surface area contributed by atoms with E-state index in [0.29, 0.717) is 18.5 Å². The van der Waals surface area contributed by atoms with Gasteiger partial charge in [-0.1, -0.05) is 25.1 Å². The van der Waals surface area contributed by atoms with Gasteiger partial charge in [0.15, 0.2) is 0 Å². The Bertz CT molecular complexity index is 323. The largest absolute Gasteiger partial charge is 0.326 e. The van der Waals surface area contributed by atoms with Crippen molar-refractivity contribution in [2.24, 2.45) is 10.7 Å². The fraction of sp³-hybridized carbons (Fsp3) is 0.417. The fourth-order valence-electron chi connectivity index (χ4n) is 1.35. The number of benzene rings is 1. The van der Waals surface area contributed by atoms with E-state index in [2.05, 4.69) is 4.99 Å². The van der Waals surface area contributed by atoms with Crippen molar-refractivity contribution in [1.82, 2.24) is 0 Å². The van der Waals surface area contributed by atoms with Crippen molar-refractivity contribution < 1.29 is 4.39 Å². The molecule has 1 rings (SSSR count). The SMILES string of the molecule is CCC=NCC(N)Cc1ccccc1F. The van der Waals surface area contributed by atoms with E-state index < -0.39 is 0 Å². The Balaban J connectivity index is 2.47. The zero-order valence-electron chi connectivity index (χ0n) is 8.99. The molecule has 0 aromatic heterocycles. The summed E-state index contributed by atoms with van der Waals surface area (Å²) in [5.74, 6) is -0.188. The minimum atomic E-state index is -0.188. The van der Waals surface area contributed by atoms with E-state index in [0.717, 1.165) is 6.42 Å². The molecule has 0 spiro atoms. The van der Waals surface area contributed by atoms with Crippen molar-refractivity contribution in [2.75, 3.05) is 6.54 Å². The molecule has 0 aliphatic carbocycles. The molecule has 2 N–H and O–H groups in total. The standard InChI is InChI=1S/C12H17FN2/c1-2-7-15-9-11(14)8-10-5-3-4-6-12(10)13/h3-7,11H,2,8-9,14H2,1H3. The number of rotatable bonds is 5. The quantitative estimate of drug-likeness (QED) is 0.740. The first-order valence-corrected chi connectivity index (χ1v) is 5.21. The topological polar surface area (TPSA) is 38.4 Å². The van der Waals surface area contributed by atoms with Gasteiger partial charge < -0.3 is 5.73 Å². The molecule has 0 heterocycles. The molecule has 0 radical (unpaired) electrons. The monoisotopic (exact) mass is 208 g/mol. The lowest BCUT2D eigenvalue weighted by Crippen LogP contribution is -2.26. The van der Waals surface area contributed by atoms with Crippen molar-refractivity contribution in [3.05, 3.63) is 35.6 Å². The Morgan fingerprint density at radius 2 is 2.20 bits per heavy atom. The van der Waals surface area contributed by atoms with E-state index in [1.54, 1.807) is 12.1 Å². The smallest absolute Gasteiger partial charge is 0.126 e. The molecule has 0 aliphatic rings. The van der Waals surface area contributed by atoms with Gasteiger partial charge in [0.2, 0.25) is 0 Å². The molecule has 3 heteroatoms. The van der Waals surface area contributed by atoms with Gasteiger partial charge in [-0.25, -0.2) is 4.39 Å². The normalized spacial score (nSPS) is 13.3. The van der Waals surface area contributed by atoms with Gasteiger partial charge in [0.1, 0.15) is 5.82 Å². The van der Waals surface area contributed by atoms with Crippen LogP contribution in [0.5, 0.6) is 0 Å². The molecule has 0 saturated carbocycles. The molecule has 0 saturated heterocycles. The van der Waals surface area contributed by atoms with Crippen LogP contribution in [0.1, 0.15) is 18.9 Å². The number of nitrogens with zero attached hydrogens (tertiary/aromatic N) is 1. The molecule has 0 aliphatic heterocycles. The van der Waals surface area contributed by atoms with Gasteiger partial charge >= 0.3 is 0 Å². The lowest BCUT2D eigenvalue weighted by Gasteiger charge is -2.09. The zero-order chi connectivity index (χ0) is 11.1. The minimum Gasteiger partial charge on any atom is -0.326 e. The summed E-state index contributed by atoms with van der Waals surface area (Å²) < 4.78 is 13.2. The maximum absolute atomic E-state index is 13.2. The van der Waals surface area contributed by atoms with Crippen LogP contribution in [0.3, 0.4) is 0 Å². The number of hydrogen-bond donors (Lipinski definition) is 1. The minimum absolute atomic E-state index is 0.107. The zero-order valence-corrected chi connectivity index (χ0v) is 8.99. The van der Waals surface area contributed by atoms with Gasteiger partial charge in [-0.05, 0) is 30.7 Å². The van der Waals surface area contributed by atoms with Crippen LogP contribution >= 0.6 is 0 Å². The summed E-state index contributed by atoms with van der Waals surface area (Å²) in [5.41, 5.74) is 6.50. The third kappa shape index (κ3) is 4.21. The average Bonchev–Trinajstić information content (AvgIpc) is 2.22. The Labute approximate surface area is 90.0 Å². The van der Waals surface area contributed by atoms with Gasteiger partial charge in [0.05, 0.1) is 6.54 Å². The molecule has 1 atom stereocenters. The third-order valence-corrected chi connectivity index (χ3v) is 2.09. The summed E-state index contributed by atoms with van der Waals surface area (Å²) in [6.45, 7) is 2.58. The Hall–Kier alpha value is -1.22. The first-order valence-electron chi connectivity index (χ1n) is 5.21. The second-order valence-electron chi connectivity index (χ2n) is 3.51. The third-order valence-electron chi connectivity index (χ3n) is 2.09. The van der Waals surface area contributed by atoms with Gasteiger partial charge in [-0.2, -0.15) is 0 Å². The van der Waals surface area contributed by atoms with Crippen LogP contribution in [0.15, 0.2) is 29.3 Å². The predicted octanol–water partition coefficient (Wildman–Crippen LogP) is 2.18.